The van der Waals surface area contributed by atoms with Gasteiger partial charge in [-0.2, -0.15) is 0 Å². The molecule has 0 unspecified atom stereocenters. The maximum absolute atomic E-state index is 2.36. The zero-order valence-electron chi connectivity index (χ0n) is 27.5. The Morgan fingerprint density at radius 3 is 1.20 bits per heavy atom. The third-order valence-electron chi connectivity index (χ3n) is 9.61. The van der Waals surface area contributed by atoms with Gasteiger partial charge in [-0.15, -0.1) is 0 Å². The van der Waals surface area contributed by atoms with Crippen LogP contribution in [-0.4, -0.2) is 4.57 Å². The lowest BCUT2D eigenvalue weighted by Gasteiger charge is -2.26. The lowest BCUT2D eigenvalue weighted by Crippen LogP contribution is -2.09. The average Bonchev–Trinajstić information content (AvgIpc) is 3.54. The van der Waals surface area contributed by atoms with Crippen LogP contribution in [0.3, 0.4) is 0 Å². The molecule has 0 saturated carbocycles. The van der Waals surface area contributed by atoms with Crippen LogP contribution in [0, 0.1) is 0 Å². The van der Waals surface area contributed by atoms with Crippen molar-refractivity contribution in [1.82, 2.24) is 4.57 Å². The number of fused-ring (bicyclic) bond motifs is 3. The van der Waals surface area contributed by atoms with Crippen molar-refractivity contribution in [3.8, 4) is 39.1 Å². The number of hydrogen-bond donors (Lipinski definition) is 0. The van der Waals surface area contributed by atoms with Gasteiger partial charge in [-0.1, -0.05) is 140 Å². The zero-order chi connectivity index (χ0) is 33.3. The van der Waals surface area contributed by atoms with Crippen molar-refractivity contribution in [3.05, 3.63) is 206 Å². The lowest BCUT2D eigenvalue weighted by atomic mass is 9.98. The molecule has 8 aromatic carbocycles. The average molecular weight is 639 g/mol. The van der Waals surface area contributed by atoms with Gasteiger partial charge in [0, 0.05) is 33.5 Å². The topological polar surface area (TPSA) is 8.17 Å². The molecule has 0 fully saturated rings. The van der Waals surface area contributed by atoms with Crippen molar-refractivity contribution in [3.63, 3.8) is 0 Å². The monoisotopic (exact) mass is 638 g/mol. The number of para-hydroxylation sites is 3. The van der Waals surface area contributed by atoms with E-state index in [4.69, 9.17) is 0 Å². The predicted molar refractivity (Wildman–Crippen MR) is 212 cm³/mol. The Bertz CT molecular complexity index is 2490. The zero-order valence-corrected chi connectivity index (χ0v) is 27.5. The highest BCUT2D eigenvalue weighted by molar-refractivity contribution is 6.09. The molecule has 50 heavy (non-hydrogen) atoms. The van der Waals surface area contributed by atoms with Crippen molar-refractivity contribution in [2.24, 2.45) is 0 Å². The SMILES string of the molecule is c1ccc(-c2ccc(N(c3ccccc3)c3ccc(-c4cccc(-c5ccc(-n6c7ccccc7c7ccccc76)cc5)c4)cc3)cc2)cc1. The highest BCUT2D eigenvalue weighted by atomic mass is 15.1. The van der Waals surface area contributed by atoms with Crippen LogP contribution in [0.25, 0.3) is 60.9 Å². The van der Waals surface area contributed by atoms with Crippen LogP contribution < -0.4 is 4.90 Å². The molecule has 0 spiro atoms. The van der Waals surface area contributed by atoms with Crippen molar-refractivity contribution >= 4 is 38.9 Å². The van der Waals surface area contributed by atoms with E-state index in [0.29, 0.717) is 0 Å². The smallest absolute Gasteiger partial charge is 0.0541 e. The normalized spacial score (nSPS) is 11.2. The van der Waals surface area contributed by atoms with Crippen molar-refractivity contribution in [2.45, 2.75) is 0 Å². The molecule has 0 amide bonds. The van der Waals surface area contributed by atoms with Gasteiger partial charge >= 0.3 is 0 Å². The van der Waals surface area contributed by atoms with Crippen molar-refractivity contribution < 1.29 is 0 Å². The van der Waals surface area contributed by atoms with E-state index in [0.717, 1.165) is 22.7 Å². The Morgan fingerprint density at radius 2 is 0.660 bits per heavy atom. The molecule has 1 heterocycles. The summed E-state index contributed by atoms with van der Waals surface area (Å²) < 4.78 is 2.36. The van der Waals surface area contributed by atoms with E-state index in [1.54, 1.807) is 0 Å². The molecule has 0 atom stereocenters. The summed E-state index contributed by atoms with van der Waals surface area (Å²) in [7, 11) is 0. The third-order valence-corrected chi connectivity index (χ3v) is 9.61. The Kier molecular flexibility index (Phi) is 7.53. The van der Waals surface area contributed by atoms with Crippen molar-refractivity contribution in [2.75, 3.05) is 4.90 Å². The van der Waals surface area contributed by atoms with Crippen molar-refractivity contribution in [1.29, 1.82) is 0 Å². The van der Waals surface area contributed by atoms with Gasteiger partial charge in [0.2, 0.25) is 0 Å². The summed E-state index contributed by atoms with van der Waals surface area (Å²) in [6.45, 7) is 0. The van der Waals surface area contributed by atoms with Gasteiger partial charge in [0.25, 0.3) is 0 Å². The molecule has 0 aliphatic rings. The minimum atomic E-state index is 1.12. The summed E-state index contributed by atoms with van der Waals surface area (Å²) in [6, 6.07) is 73.9. The number of nitrogens with zero attached hydrogens (tertiary/aromatic N) is 2. The fourth-order valence-corrected chi connectivity index (χ4v) is 7.14. The second-order valence-electron chi connectivity index (χ2n) is 12.6. The summed E-state index contributed by atoms with van der Waals surface area (Å²) in [5.41, 5.74) is 14.2. The van der Waals surface area contributed by atoms with Crippen LogP contribution in [0.15, 0.2) is 206 Å². The van der Waals surface area contributed by atoms with Gasteiger partial charge in [0.15, 0.2) is 0 Å². The molecule has 0 aliphatic heterocycles. The molecule has 236 valence electrons. The highest BCUT2D eigenvalue weighted by Gasteiger charge is 2.14. The van der Waals surface area contributed by atoms with Gasteiger partial charge in [0.05, 0.1) is 11.0 Å². The van der Waals surface area contributed by atoms with E-state index < -0.39 is 0 Å². The molecule has 0 radical (unpaired) electrons. The molecule has 0 N–H and O–H groups in total. The predicted octanol–water partition coefficient (Wildman–Crippen LogP) is 13.3. The van der Waals surface area contributed by atoms with E-state index in [-0.39, 0.29) is 0 Å². The van der Waals surface area contributed by atoms with E-state index >= 15 is 0 Å². The summed E-state index contributed by atoms with van der Waals surface area (Å²) in [5, 5.41) is 2.55. The van der Waals surface area contributed by atoms with E-state index in [1.807, 2.05) is 0 Å². The molecule has 0 bridgehead atoms. The second-order valence-corrected chi connectivity index (χ2v) is 12.6. The van der Waals surface area contributed by atoms with Gasteiger partial charge in [-0.3, -0.25) is 0 Å². The molecular weight excluding hydrogens is 605 g/mol. The summed E-state index contributed by atoms with van der Waals surface area (Å²) in [4.78, 5) is 2.31. The standard InChI is InChI=1S/C48H34N2/c1-3-12-35(13-4-1)36-22-28-42(29-23-36)49(41-16-5-2-6-17-41)43-30-24-37(25-31-43)39-14-11-15-40(34-39)38-26-32-44(33-27-38)50-47-20-9-7-18-45(47)46-19-8-10-21-48(46)50/h1-34H. The number of anilines is 3. The second kappa shape index (κ2) is 12.8. The Balaban J connectivity index is 1.01. The Labute approximate surface area is 292 Å². The Hall–Kier alpha value is -6.64. The number of rotatable bonds is 7. The van der Waals surface area contributed by atoms with Crippen LogP contribution in [0.5, 0.6) is 0 Å². The molecule has 2 heteroatoms. The van der Waals surface area contributed by atoms with E-state index in [2.05, 4.69) is 216 Å². The fraction of sp³-hybridized carbons (Fsp3) is 0. The van der Waals surface area contributed by atoms with Crippen LogP contribution in [0.4, 0.5) is 17.1 Å². The first-order valence-corrected chi connectivity index (χ1v) is 17.1. The first kappa shape index (κ1) is 29.5. The van der Waals surface area contributed by atoms with Gasteiger partial charge < -0.3 is 9.47 Å². The Morgan fingerprint density at radius 1 is 0.280 bits per heavy atom. The van der Waals surface area contributed by atoms with Crippen LogP contribution in [0.1, 0.15) is 0 Å². The number of hydrogen-bond acceptors (Lipinski definition) is 1. The summed E-state index contributed by atoms with van der Waals surface area (Å²) in [5.74, 6) is 0. The summed E-state index contributed by atoms with van der Waals surface area (Å²) in [6.07, 6.45) is 0. The van der Waals surface area contributed by atoms with Crippen LogP contribution >= 0.6 is 0 Å². The third kappa shape index (κ3) is 5.43. The van der Waals surface area contributed by atoms with Gasteiger partial charge in [-0.05, 0) is 100 Å². The quantitative estimate of drug-likeness (QED) is 0.169. The van der Waals surface area contributed by atoms with E-state index in [9.17, 15) is 0 Å². The maximum atomic E-state index is 2.36. The molecule has 9 aromatic rings. The fourth-order valence-electron chi connectivity index (χ4n) is 7.14. The molecular formula is C48H34N2. The highest BCUT2D eigenvalue weighted by Crippen LogP contribution is 2.37. The summed E-state index contributed by atoms with van der Waals surface area (Å²) >= 11 is 0. The number of aromatic nitrogens is 1. The molecule has 2 nitrogen and oxygen atoms in total. The molecule has 0 saturated heterocycles. The minimum Gasteiger partial charge on any atom is -0.311 e. The first-order valence-electron chi connectivity index (χ1n) is 17.1. The number of benzene rings is 8. The lowest BCUT2D eigenvalue weighted by molar-refractivity contribution is 1.18. The van der Waals surface area contributed by atoms with Crippen LogP contribution in [-0.2, 0) is 0 Å². The van der Waals surface area contributed by atoms with Gasteiger partial charge in [0.1, 0.15) is 0 Å². The first-order chi connectivity index (χ1) is 24.8. The largest absolute Gasteiger partial charge is 0.311 e. The van der Waals surface area contributed by atoms with Gasteiger partial charge in [-0.25, -0.2) is 0 Å². The van der Waals surface area contributed by atoms with E-state index in [1.165, 1.54) is 55.2 Å². The molecule has 1 aromatic heterocycles. The minimum absolute atomic E-state index is 1.12. The molecule has 0 aliphatic carbocycles. The van der Waals surface area contributed by atoms with Crippen LogP contribution in [0.2, 0.25) is 0 Å². The molecule has 9 rings (SSSR count). The maximum Gasteiger partial charge on any atom is 0.0541 e.